The maximum Gasteiger partial charge on any atom is 0.0673 e. The topological polar surface area (TPSA) is 17.3 Å². The Balaban J connectivity index is 1.83. The number of benzene rings is 3. The molecule has 0 aliphatic rings. The molecule has 0 saturated carbocycles. The average Bonchev–Trinajstić information content (AvgIpc) is 2.96. The molecule has 0 radical (unpaired) electrons. The van der Waals surface area contributed by atoms with Crippen molar-refractivity contribution in [3.8, 4) is 0 Å². The third-order valence-electron chi connectivity index (χ3n) is 4.70. The smallest absolute Gasteiger partial charge is 0.0673 e. The van der Waals surface area contributed by atoms with Gasteiger partial charge in [-0.15, -0.1) is 0 Å². The molecule has 0 aliphatic carbocycles. The number of rotatable bonds is 3. The second kappa shape index (κ2) is 6.38. The standard InChI is InChI=1S/C22H19ClN2/c1-3-25-21-10-5-4-7-17(21)18-13-16(11-12-22(18)25)14-24-20-9-6-8-19(23)15(20)2/h4-14H,3H2,1-2H3. The Hall–Kier alpha value is -2.58. The van der Waals surface area contributed by atoms with Crippen LogP contribution in [0, 0.1) is 6.92 Å². The monoisotopic (exact) mass is 346 g/mol. The van der Waals surface area contributed by atoms with E-state index in [2.05, 4.69) is 58.9 Å². The summed E-state index contributed by atoms with van der Waals surface area (Å²) in [5.41, 5.74) is 5.54. The normalized spacial score (nSPS) is 11.8. The van der Waals surface area contributed by atoms with Gasteiger partial charge in [0.05, 0.1) is 5.69 Å². The number of halogens is 1. The third-order valence-corrected chi connectivity index (χ3v) is 5.11. The summed E-state index contributed by atoms with van der Waals surface area (Å²) in [4.78, 5) is 4.63. The van der Waals surface area contributed by atoms with Crippen LogP contribution in [-0.2, 0) is 6.54 Å². The number of aryl methyl sites for hydroxylation is 1. The molecule has 0 N–H and O–H groups in total. The summed E-state index contributed by atoms with van der Waals surface area (Å²) in [6.07, 6.45) is 1.91. The predicted molar refractivity (Wildman–Crippen MR) is 109 cm³/mol. The quantitative estimate of drug-likeness (QED) is 0.375. The average molecular weight is 347 g/mol. The van der Waals surface area contributed by atoms with Crippen molar-refractivity contribution in [1.29, 1.82) is 0 Å². The molecule has 3 aromatic carbocycles. The van der Waals surface area contributed by atoms with E-state index in [4.69, 9.17) is 11.6 Å². The van der Waals surface area contributed by atoms with Crippen LogP contribution < -0.4 is 0 Å². The molecule has 0 aliphatic heterocycles. The molecule has 0 spiro atoms. The summed E-state index contributed by atoms with van der Waals surface area (Å²) < 4.78 is 2.35. The Morgan fingerprint density at radius 3 is 2.60 bits per heavy atom. The highest BCUT2D eigenvalue weighted by Gasteiger charge is 2.09. The molecule has 0 amide bonds. The molecule has 3 heteroatoms. The lowest BCUT2D eigenvalue weighted by Crippen LogP contribution is -1.92. The van der Waals surface area contributed by atoms with Crippen LogP contribution >= 0.6 is 11.6 Å². The highest BCUT2D eigenvalue weighted by Crippen LogP contribution is 2.30. The fourth-order valence-corrected chi connectivity index (χ4v) is 3.54. The molecule has 0 atom stereocenters. The molecule has 0 bridgehead atoms. The Morgan fingerprint density at radius 1 is 0.960 bits per heavy atom. The van der Waals surface area contributed by atoms with E-state index in [1.807, 2.05) is 31.3 Å². The van der Waals surface area contributed by atoms with Gasteiger partial charge in [0.1, 0.15) is 0 Å². The fourth-order valence-electron chi connectivity index (χ4n) is 3.37. The van der Waals surface area contributed by atoms with Crippen LogP contribution in [0.3, 0.4) is 0 Å². The van der Waals surface area contributed by atoms with Gasteiger partial charge < -0.3 is 4.57 Å². The Bertz CT molecular complexity index is 1110. The molecule has 4 rings (SSSR count). The minimum absolute atomic E-state index is 0.746. The summed E-state index contributed by atoms with van der Waals surface area (Å²) in [5.74, 6) is 0. The van der Waals surface area contributed by atoms with Crippen LogP contribution in [0.4, 0.5) is 5.69 Å². The van der Waals surface area contributed by atoms with Crippen molar-refractivity contribution in [1.82, 2.24) is 4.57 Å². The highest BCUT2D eigenvalue weighted by atomic mass is 35.5. The molecular weight excluding hydrogens is 328 g/mol. The van der Waals surface area contributed by atoms with Gasteiger partial charge in [-0.05, 0) is 55.3 Å². The summed E-state index contributed by atoms with van der Waals surface area (Å²) in [6, 6.07) is 20.9. The van der Waals surface area contributed by atoms with E-state index in [0.29, 0.717) is 0 Å². The van der Waals surface area contributed by atoms with Crippen molar-refractivity contribution in [3.05, 3.63) is 76.8 Å². The Kier molecular flexibility index (Phi) is 4.06. The van der Waals surface area contributed by atoms with Crippen molar-refractivity contribution in [2.24, 2.45) is 4.99 Å². The zero-order chi connectivity index (χ0) is 17.4. The van der Waals surface area contributed by atoms with Crippen LogP contribution in [-0.4, -0.2) is 10.8 Å². The molecule has 0 saturated heterocycles. The van der Waals surface area contributed by atoms with E-state index in [9.17, 15) is 0 Å². The van der Waals surface area contributed by atoms with Gasteiger partial charge in [0, 0.05) is 39.6 Å². The minimum atomic E-state index is 0.746. The first-order valence-corrected chi connectivity index (χ1v) is 8.87. The Labute approximate surface area is 152 Å². The van der Waals surface area contributed by atoms with E-state index in [1.165, 1.54) is 21.8 Å². The molecule has 25 heavy (non-hydrogen) atoms. The van der Waals surface area contributed by atoms with E-state index in [-0.39, 0.29) is 0 Å². The number of hydrogen-bond donors (Lipinski definition) is 0. The molecular formula is C22H19ClN2. The van der Waals surface area contributed by atoms with Gasteiger partial charge in [-0.25, -0.2) is 0 Å². The molecule has 0 unspecified atom stereocenters. The van der Waals surface area contributed by atoms with Gasteiger partial charge in [0.2, 0.25) is 0 Å². The lowest BCUT2D eigenvalue weighted by molar-refractivity contribution is 0.827. The predicted octanol–water partition coefficient (Wildman–Crippen LogP) is 6.53. The molecule has 2 nitrogen and oxygen atoms in total. The zero-order valence-corrected chi connectivity index (χ0v) is 15.1. The first-order valence-electron chi connectivity index (χ1n) is 8.49. The summed E-state index contributed by atoms with van der Waals surface area (Å²) in [6.45, 7) is 5.13. The van der Waals surface area contributed by atoms with Crippen LogP contribution in [0.1, 0.15) is 18.1 Å². The highest BCUT2D eigenvalue weighted by molar-refractivity contribution is 6.31. The van der Waals surface area contributed by atoms with Crippen molar-refractivity contribution in [2.75, 3.05) is 0 Å². The van der Waals surface area contributed by atoms with Crippen molar-refractivity contribution in [2.45, 2.75) is 20.4 Å². The summed E-state index contributed by atoms with van der Waals surface area (Å²) in [5, 5.41) is 3.30. The molecule has 0 fully saturated rings. The number of aliphatic imine (C=N–C) groups is 1. The van der Waals surface area contributed by atoms with E-state index in [1.54, 1.807) is 0 Å². The number of fused-ring (bicyclic) bond motifs is 3. The Morgan fingerprint density at radius 2 is 1.76 bits per heavy atom. The third kappa shape index (κ3) is 2.73. The van der Waals surface area contributed by atoms with Gasteiger partial charge in [0.15, 0.2) is 0 Å². The van der Waals surface area contributed by atoms with Crippen LogP contribution in [0.25, 0.3) is 21.8 Å². The van der Waals surface area contributed by atoms with Gasteiger partial charge >= 0.3 is 0 Å². The summed E-state index contributed by atoms with van der Waals surface area (Å²) >= 11 is 6.18. The van der Waals surface area contributed by atoms with Crippen LogP contribution in [0.5, 0.6) is 0 Å². The number of para-hydroxylation sites is 1. The van der Waals surface area contributed by atoms with E-state index >= 15 is 0 Å². The van der Waals surface area contributed by atoms with Crippen molar-refractivity contribution in [3.63, 3.8) is 0 Å². The SMILES string of the molecule is CCn1c2ccccc2c2cc(C=Nc3cccc(Cl)c3C)ccc21. The number of aromatic nitrogens is 1. The maximum absolute atomic E-state index is 6.18. The summed E-state index contributed by atoms with van der Waals surface area (Å²) in [7, 11) is 0. The lowest BCUT2D eigenvalue weighted by Gasteiger charge is -2.03. The number of hydrogen-bond acceptors (Lipinski definition) is 1. The molecule has 1 heterocycles. The van der Waals surface area contributed by atoms with E-state index < -0.39 is 0 Å². The second-order valence-electron chi connectivity index (χ2n) is 6.18. The van der Waals surface area contributed by atoms with Gasteiger partial charge in [-0.2, -0.15) is 0 Å². The molecule has 1 aromatic heterocycles. The first kappa shape index (κ1) is 15.9. The van der Waals surface area contributed by atoms with Gasteiger partial charge in [-0.1, -0.05) is 41.9 Å². The largest absolute Gasteiger partial charge is 0.341 e. The van der Waals surface area contributed by atoms with Crippen LogP contribution in [0.15, 0.2) is 65.7 Å². The van der Waals surface area contributed by atoms with Gasteiger partial charge in [0.25, 0.3) is 0 Å². The van der Waals surface area contributed by atoms with Crippen LogP contribution in [0.2, 0.25) is 5.02 Å². The van der Waals surface area contributed by atoms with Gasteiger partial charge in [-0.3, -0.25) is 4.99 Å². The zero-order valence-electron chi connectivity index (χ0n) is 14.3. The number of nitrogens with zero attached hydrogens (tertiary/aromatic N) is 2. The van der Waals surface area contributed by atoms with Crippen molar-refractivity contribution >= 4 is 45.3 Å². The minimum Gasteiger partial charge on any atom is -0.341 e. The lowest BCUT2D eigenvalue weighted by atomic mass is 10.1. The second-order valence-corrected chi connectivity index (χ2v) is 6.59. The first-order chi connectivity index (χ1) is 12.2. The van der Waals surface area contributed by atoms with E-state index in [0.717, 1.165) is 28.4 Å². The fraction of sp³-hybridized carbons (Fsp3) is 0.136. The van der Waals surface area contributed by atoms with Crippen molar-refractivity contribution < 1.29 is 0 Å². The maximum atomic E-state index is 6.18. The molecule has 4 aromatic rings. The molecule has 124 valence electrons.